The van der Waals surface area contributed by atoms with Crippen molar-refractivity contribution in [2.24, 2.45) is 0 Å². The molecule has 2 rings (SSSR count). The van der Waals surface area contributed by atoms with Crippen LogP contribution in [-0.4, -0.2) is 4.92 Å². The first-order valence-electron chi connectivity index (χ1n) is 5.63. The van der Waals surface area contributed by atoms with Crippen LogP contribution in [0.2, 0.25) is 0 Å². The maximum absolute atomic E-state index is 10.5. The molecule has 0 amide bonds. The van der Waals surface area contributed by atoms with Gasteiger partial charge in [0, 0.05) is 17.8 Å². The lowest BCUT2D eigenvalue weighted by atomic mass is 10.2. The minimum absolute atomic E-state index is 0.0140. The van der Waals surface area contributed by atoms with Crippen molar-refractivity contribution in [2.45, 2.75) is 19.9 Å². The molecule has 0 spiro atoms. The van der Waals surface area contributed by atoms with Crippen LogP contribution >= 0.6 is 0 Å². The monoisotopic (exact) mass is 246 g/mol. The van der Waals surface area contributed by atoms with Crippen molar-refractivity contribution >= 4 is 11.4 Å². The van der Waals surface area contributed by atoms with Crippen molar-refractivity contribution < 1.29 is 9.34 Å². The van der Waals surface area contributed by atoms with Crippen LogP contribution in [0.25, 0.3) is 0 Å². The average molecular weight is 246 g/mol. The van der Waals surface area contributed by atoms with E-state index in [1.165, 1.54) is 12.1 Å². The number of nitro benzene ring substituents is 1. The van der Waals surface area contributed by atoms with Crippen LogP contribution in [0.3, 0.4) is 0 Å². The third-order valence-electron chi connectivity index (χ3n) is 2.65. The molecule has 1 heterocycles. The fraction of sp³-hybridized carbons (Fsp3) is 0.231. The molecule has 2 aromatic rings. The van der Waals surface area contributed by atoms with Gasteiger partial charge in [-0.05, 0) is 38.1 Å². The molecule has 1 N–H and O–H groups in total. The lowest BCUT2D eigenvalue weighted by molar-refractivity contribution is -0.384. The van der Waals surface area contributed by atoms with Crippen LogP contribution in [0.5, 0.6) is 0 Å². The zero-order valence-electron chi connectivity index (χ0n) is 10.2. The molecule has 5 heteroatoms. The van der Waals surface area contributed by atoms with Crippen molar-refractivity contribution in [3.63, 3.8) is 0 Å². The topological polar surface area (TPSA) is 68.3 Å². The number of aryl methyl sites for hydroxylation is 1. The lowest BCUT2D eigenvalue weighted by Gasteiger charge is -2.12. The predicted molar refractivity (Wildman–Crippen MR) is 68.6 cm³/mol. The first-order valence-corrected chi connectivity index (χ1v) is 5.63. The van der Waals surface area contributed by atoms with Gasteiger partial charge in [-0.3, -0.25) is 10.1 Å². The summed E-state index contributed by atoms with van der Waals surface area (Å²) in [5.41, 5.74) is 0.907. The summed E-state index contributed by atoms with van der Waals surface area (Å²) in [6.45, 7) is 3.86. The number of benzene rings is 1. The molecule has 1 unspecified atom stereocenters. The second-order valence-corrected chi connectivity index (χ2v) is 4.12. The molecular formula is C13H14N2O3. The number of hydrogen-bond acceptors (Lipinski definition) is 4. The van der Waals surface area contributed by atoms with Gasteiger partial charge in [0.2, 0.25) is 0 Å². The fourth-order valence-electron chi connectivity index (χ4n) is 1.69. The van der Waals surface area contributed by atoms with Gasteiger partial charge in [0.25, 0.3) is 5.69 Å². The second kappa shape index (κ2) is 4.91. The average Bonchev–Trinajstić information content (AvgIpc) is 2.76. The quantitative estimate of drug-likeness (QED) is 0.660. The Balaban J connectivity index is 2.07. The molecule has 18 heavy (non-hydrogen) atoms. The molecule has 1 aromatic carbocycles. The molecule has 0 aliphatic carbocycles. The van der Waals surface area contributed by atoms with E-state index >= 15 is 0 Å². The van der Waals surface area contributed by atoms with Crippen molar-refractivity contribution in [3.8, 4) is 0 Å². The maximum Gasteiger partial charge on any atom is 0.269 e. The van der Waals surface area contributed by atoms with Crippen molar-refractivity contribution in [2.75, 3.05) is 5.32 Å². The number of nitro groups is 1. The van der Waals surface area contributed by atoms with Gasteiger partial charge in [-0.2, -0.15) is 0 Å². The summed E-state index contributed by atoms with van der Waals surface area (Å²) in [4.78, 5) is 10.1. The number of anilines is 1. The van der Waals surface area contributed by atoms with Crippen molar-refractivity contribution in [1.29, 1.82) is 0 Å². The highest BCUT2D eigenvalue weighted by Gasteiger charge is 2.10. The largest absolute Gasteiger partial charge is 0.464 e. The Morgan fingerprint density at radius 1 is 1.22 bits per heavy atom. The van der Waals surface area contributed by atoms with Crippen LogP contribution in [0.1, 0.15) is 24.5 Å². The predicted octanol–water partition coefficient (Wildman–Crippen LogP) is 3.67. The normalized spacial score (nSPS) is 12.1. The first-order chi connectivity index (χ1) is 8.56. The Hall–Kier alpha value is -2.30. The number of hydrogen-bond donors (Lipinski definition) is 1. The highest BCUT2D eigenvalue weighted by Crippen LogP contribution is 2.22. The van der Waals surface area contributed by atoms with Crippen LogP contribution in [-0.2, 0) is 0 Å². The van der Waals surface area contributed by atoms with Gasteiger partial charge in [-0.1, -0.05) is 0 Å². The molecule has 5 nitrogen and oxygen atoms in total. The van der Waals surface area contributed by atoms with E-state index in [0.717, 1.165) is 17.2 Å². The third kappa shape index (κ3) is 2.68. The van der Waals surface area contributed by atoms with Gasteiger partial charge in [-0.25, -0.2) is 0 Å². The molecule has 0 saturated carbocycles. The molecule has 94 valence electrons. The van der Waals surface area contributed by atoms with E-state index in [1.807, 2.05) is 26.0 Å². The van der Waals surface area contributed by atoms with Crippen molar-refractivity contribution in [1.82, 2.24) is 0 Å². The molecule has 0 saturated heterocycles. The molecule has 0 aliphatic heterocycles. The maximum atomic E-state index is 10.5. The van der Waals surface area contributed by atoms with E-state index in [4.69, 9.17) is 4.42 Å². The number of nitrogens with one attached hydrogen (secondary N) is 1. The zero-order chi connectivity index (χ0) is 13.1. The molecule has 0 fully saturated rings. The first kappa shape index (κ1) is 12.2. The van der Waals surface area contributed by atoms with Gasteiger partial charge in [0.15, 0.2) is 0 Å². The summed E-state index contributed by atoms with van der Waals surface area (Å²) in [5.74, 6) is 1.70. The number of nitrogens with zero attached hydrogens (tertiary/aromatic N) is 1. The second-order valence-electron chi connectivity index (χ2n) is 4.12. The summed E-state index contributed by atoms with van der Waals surface area (Å²) in [5, 5.41) is 13.8. The molecule has 1 aromatic heterocycles. The smallest absolute Gasteiger partial charge is 0.269 e. The Bertz CT molecular complexity index is 546. The zero-order valence-corrected chi connectivity index (χ0v) is 10.2. The molecular weight excluding hydrogens is 232 g/mol. The van der Waals surface area contributed by atoms with E-state index in [1.54, 1.807) is 12.1 Å². The molecule has 0 radical (unpaired) electrons. The Morgan fingerprint density at radius 3 is 2.39 bits per heavy atom. The van der Waals surface area contributed by atoms with Crippen LogP contribution in [0.4, 0.5) is 11.4 Å². The standard InChI is InChI=1S/C13H14N2O3/c1-9-3-8-13(18-9)10(2)14-11-4-6-12(7-5-11)15(16)17/h3-8,10,14H,1-2H3. The number of furan rings is 1. The highest BCUT2D eigenvalue weighted by molar-refractivity contribution is 5.49. The van der Waals surface area contributed by atoms with Gasteiger partial charge in [-0.15, -0.1) is 0 Å². The third-order valence-corrected chi connectivity index (χ3v) is 2.65. The van der Waals surface area contributed by atoms with E-state index in [9.17, 15) is 10.1 Å². The fourth-order valence-corrected chi connectivity index (χ4v) is 1.69. The van der Waals surface area contributed by atoms with Gasteiger partial charge in [0.1, 0.15) is 11.5 Å². The lowest BCUT2D eigenvalue weighted by Crippen LogP contribution is -2.05. The minimum atomic E-state index is -0.414. The summed E-state index contributed by atoms with van der Waals surface area (Å²) < 4.78 is 5.51. The minimum Gasteiger partial charge on any atom is -0.464 e. The van der Waals surface area contributed by atoms with Gasteiger partial charge < -0.3 is 9.73 Å². The summed E-state index contributed by atoms with van der Waals surface area (Å²) in [6, 6.07) is 10.2. The highest BCUT2D eigenvalue weighted by atomic mass is 16.6. The Labute approximate surface area is 105 Å². The SMILES string of the molecule is Cc1ccc(C(C)Nc2ccc([N+](=O)[O-])cc2)o1. The summed E-state index contributed by atoms with van der Waals surface area (Å²) >= 11 is 0. The van der Waals surface area contributed by atoms with E-state index in [2.05, 4.69) is 5.32 Å². The number of rotatable bonds is 4. The molecule has 1 atom stereocenters. The molecule has 0 aliphatic rings. The van der Waals surface area contributed by atoms with Crippen LogP contribution in [0.15, 0.2) is 40.8 Å². The Morgan fingerprint density at radius 2 is 1.89 bits per heavy atom. The van der Waals surface area contributed by atoms with Crippen LogP contribution < -0.4 is 5.32 Å². The van der Waals surface area contributed by atoms with Gasteiger partial charge >= 0.3 is 0 Å². The molecule has 0 bridgehead atoms. The number of non-ortho nitro benzene ring substituents is 1. The van der Waals surface area contributed by atoms with E-state index in [-0.39, 0.29) is 11.7 Å². The van der Waals surface area contributed by atoms with E-state index in [0.29, 0.717) is 0 Å². The van der Waals surface area contributed by atoms with Gasteiger partial charge in [0.05, 0.1) is 11.0 Å². The van der Waals surface area contributed by atoms with E-state index < -0.39 is 4.92 Å². The Kier molecular flexibility index (Phi) is 3.32. The van der Waals surface area contributed by atoms with Crippen molar-refractivity contribution in [3.05, 3.63) is 58.0 Å². The summed E-state index contributed by atoms with van der Waals surface area (Å²) in [6.07, 6.45) is 0. The van der Waals surface area contributed by atoms with Crippen LogP contribution in [0, 0.1) is 17.0 Å². The summed E-state index contributed by atoms with van der Waals surface area (Å²) in [7, 11) is 0.